The van der Waals surface area contributed by atoms with Crippen LogP contribution in [-0.4, -0.2) is 14.9 Å². The standard InChI is InChI=1S/C16H14N2O/c1-12-15(13-8-4-2-5-9-13)18(19)16(17-12)14-10-6-3-7-11-14/h2-11,19H,1H3. The molecular formula is C16H14N2O. The summed E-state index contributed by atoms with van der Waals surface area (Å²) in [4.78, 5) is 4.47. The molecule has 0 saturated heterocycles. The van der Waals surface area contributed by atoms with Crippen LogP contribution in [0.4, 0.5) is 0 Å². The molecule has 0 fully saturated rings. The Bertz CT molecular complexity index is 688. The van der Waals surface area contributed by atoms with Crippen LogP contribution in [0.15, 0.2) is 60.7 Å². The Labute approximate surface area is 111 Å². The van der Waals surface area contributed by atoms with Gasteiger partial charge < -0.3 is 5.21 Å². The van der Waals surface area contributed by atoms with Crippen molar-refractivity contribution in [3.8, 4) is 22.6 Å². The number of imidazole rings is 1. The summed E-state index contributed by atoms with van der Waals surface area (Å²) in [5.74, 6) is 0.567. The molecular weight excluding hydrogens is 236 g/mol. The molecule has 0 unspecified atom stereocenters. The monoisotopic (exact) mass is 250 g/mol. The predicted octanol–water partition coefficient (Wildman–Crippen LogP) is 3.76. The van der Waals surface area contributed by atoms with Crippen LogP contribution in [0.5, 0.6) is 0 Å². The summed E-state index contributed by atoms with van der Waals surface area (Å²) >= 11 is 0. The lowest BCUT2D eigenvalue weighted by atomic mass is 10.1. The zero-order valence-electron chi connectivity index (χ0n) is 10.6. The molecule has 0 radical (unpaired) electrons. The fourth-order valence-corrected chi connectivity index (χ4v) is 2.22. The molecule has 0 spiro atoms. The topological polar surface area (TPSA) is 38.0 Å². The summed E-state index contributed by atoms with van der Waals surface area (Å²) in [6, 6.07) is 19.5. The van der Waals surface area contributed by atoms with Gasteiger partial charge in [0.1, 0.15) is 5.69 Å². The van der Waals surface area contributed by atoms with Crippen LogP contribution >= 0.6 is 0 Å². The van der Waals surface area contributed by atoms with E-state index in [1.54, 1.807) is 0 Å². The van der Waals surface area contributed by atoms with Gasteiger partial charge in [-0.3, -0.25) is 0 Å². The normalized spacial score (nSPS) is 10.6. The minimum atomic E-state index is 0.567. The lowest BCUT2D eigenvalue weighted by molar-refractivity contribution is 0.195. The van der Waals surface area contributed by atoms with Gasteiger partial charge in [-0.15, -0.1) is 0 Å². The van der Waals surface area contributed by atoms with E-state index in [2.05, 4.69) is 4.98 Å². The zero-order valence-corrected chi connectivity index (χ0v) is 10.6. The number of nitrogens with zero attached hydrogens (tertiary/aromatic N) is 2. The first-order valence-corrected chi connectivity index (χ1v) is 6.17. The second-order valence-corrected chi connectivity index (χ2v) is 4.41. The Morgan fingerprint density at radius 3 is 1.95 bits per heavy atom. The third kappa shape index (κ3) is 1.99. The van der Waals surface area contributed by atoms with Crippen molar-refractivity contribution in [1.82, 2.24) is 9.71 Å². The highest BCUT2D eigenvalue weighted by Crippen LogP contribution is 2.28. The highest BCUT2D eigenvalue weighted by molar-refractivity contribution is 5.67. The van der Waals surface area contributed by atoms with Crippen molar-refractivity contribution in [2.75, 3.05) is 0 Å². The number of hydrogen-bond donors (Lipinski definition) is 1. The Hall–Kier alpha value is -2.55. The molecule has 2 aromatic carbocycles. The second-order valence-electron chi connectivity index (χ2n) is 4.41. The largest absolute Gasteiger partial charge is 0.426 e. The summed E-state index contributed by atoms with van der Waals surface area (Å²) in [6.07, 6.45) is 0. The van der Waals surface area contributed by atoms with Gasteiger partial charge in [-0.05, 0) is 6.92 Å². The Morgan fingerprint density at radius 1 is 0.842 bits per heavy atom. The van der Waals surface area contributed by atoms with Gasteiger partial charge >= 0.3 is 0 Å². The summed E-state index contributed by atoms with van der Waals surface area (Å²) in [5.41, 5.74) is 3.40. The lowest BCUT2D eigenvalue weighted by Gasteiger charge is -2.04. The molecule has 19 heavy (non-hydrogen) atoms. The number of benzene rings is 2. The summed E-state index contributed by atoms with van der Waals surface area (Å²) in [6.45, 7) is 1.90. The highest BCUT2D eigenvalue weighted by atomic mass is 16.5. The van der Waals surface area contributed by atoms with Gasteiger partial charge in [0.15, 0.2) is 5.82 Å². The van der Waals surface area contributed by atoms with Gasteiger partial charge in [-0.25, -0.2) is 4.98 Å². The maximum atomic E-state index is 10.4. The Morgan fingerprint density at radius 2 is 1.37 bits per heavy atom. The van der Waals surface area contributed by atoms with E-state index >= 15 is 0 Å². The van der Waals surface area contributed by atoms with Crippen molar-refractivity contribution in [3.05, 3.63) is 66.4 Å². The first-order chi connectivity index (χ1) is 9.27. The molecule has 0 bridgehead atoms. The predicted molar refractivity (Wildman–Crippen MR) is 75.0 cm³/mol. The van der Waals surface area contributed by atoms with E-state index in [1.807, 2.05) is 67.6 Å². The van der Waals surface area contributed by atoms with Gasteiger partial charge in [-0.1, -0.05) is 60.7 Å². The first-order valence-electron chi connectivity index (χ1n) is 6.17. The van der Waals surface area contributed by atoms with Gasteiger partial charge in [0.2, 0.25) is 0 Å². The molecule has 0 aliphatic rings. The van der Waals surface area contributed by atoms with Crippen molar-refractivity contribution >= 4 is 0 Å². The molecule has 94 valence electrons. The fraction of sp³-hybridized carbons (Fsp3) is 0.0625. The highest BCUT2D eigenvalue weighted by Gasteiger charge is 2.16. The average Bonchev–Trinajstić information content (AvgIpc) is 2.76. The maximum Gasteiger partial charge on any atom is 0.176 e. The SMILES string of the molecule is Cc1nc(-c2ccccc2)n(O)c1-c1ccccc1. The first kappa shape index (κ1) is 11.5. The van der Waals surface area contributed by atoms with Crippen molar-refractivity contribution in [2.45, 2.75) is 6.92 Å². The van der Waals surface area contributed by atoms with E-state index in [9.17, 15) is 5.21 Å². The Balaban J connectivity index is 2.17. The summed E-state index contributed by atoms with van der Waals surface area (Å²) in [7, 11) is 0. The summed E-state index contributed by atoms with van der Waals surface area (Å²) < 4.78 is 1.17. The third-order valence-corrected chi connectivity index (χ3v) is 3.11. The molecule has 1 N–H and O–H groups in total. The van der Waals surface area contributed by atoms with Crippen molar-refractivity contribution < 1.29 is 5.21 Å². The maximum absolute atomic E-state index is 10.4. The number of hydrogen-bond acceptors (Lipinski definition) is 2. The molecule has 0 saturated carbocycles. The molecule has 0 aliphatic heterocycles. The van der Waals surface area contributed by atoms with Crippen LogP contribution in [0.25, 0.3) is 22.6 Å². The molecule has 0 amide bonds. The molecule has 3 heteroatoms. The number of aryl methyl sites for hydroxylation is 1. The van der Waals surface area contributed by atoms with E-state index < -0.39 is 0 Å². The second kappa shape index (κ2) is 4.61. The van der Waals surface area contributed by atoms with Crippen LogP contribution in [-0.2, 0) is 0 Å². The Kier molecular flexibility index (Phi) is 2.80. The third-order valence-electron chi connectivity index (χ3n) is 3.11. The van der Waals surface area contributed by atoms with Crippen LogP contribution in [0.2, 0.25) is 0 Å². The summed E-state index contributed by atoms with van der Waals surface area (Å²) in [5, 5.41) is 10.4. The molecule has 0 atom stereocenters. The van der Waals surface area contributed by atoms with E-state index in [0.29, 0.717) is 5.82 Å². The van der Waals surface area contributed by atoms with E-state index in [1.165, 1.54) is 4.73 Å². The van der Waals surface area contributed by atoms with E-state index in [4.69, 9.17) is 0 Å². The molecule has 1 aromatic heterocycles. The molecule has 3 rings (SSSR count). The van der Waals surface area contributed by atoms with Crippen molar-refractivity contribution in [3.63, 3.8) is 0 Å². The van der Waals surface area contributed by atoms with E-state index in [0.717, 1.165) is 22.5 Å². The van der Waals surface area contributed by atoms with Gasteiger partial charge in [0.25, 0.3) is 0 Å². The van der Waals surface area contributed by atoms with Gasteiger partial charge in [0.05, 0.1) is 5.69 Å². The van der Waals surface area contributed by atoms with Crippen LogP contribution in [0.3, 0.4) is 0 Å². The van der Waals surface area contributed by atoms with Crippen molar-refractivity contribution in [2.24, 2.45) is 0 Å². The minimum Gasteiger partial charge on any atom is -0.426 e. The smallest absolute Gasteiger partial charge is 0.176 e. The molecule has 3 aromatic rings. The lowest BCUT2D eigenvalue weighted by Crippen LogP contribution is -1.97. The van der Waals surface area contributed by atoms with Gasteiger partial charge in [-0.2, -0.15) is 4.73 Å². The number of rotatable bonds is 2. The van der Waals surface area contributed by atoms with E-state index in [-0.39, 0.29) is 0 Å². The quantitative estimate of drug-likeness (QED) is 0.703. The van der Waals surface area contributed by atoms with Crippen LogP contribution in [0.1, 0.15) is 5.69 Å². The number of aromatic nitrogens is 2. The molecule has 3 nitrogen and oxygen atoms in total. The molecule has 1 heterocycles. The average molecular weight is 250 g/mol. The van der Waals surface area contributed by atoms with Gasteiger partial charge in [0, 0.05) is 11.1 Å². The zero-order chi connectivity index (χ0) is 13.2. The van der Waals surface area contributed by atoms with Crippen LogP contribution in [0, 0.1) is 6.92 Å². The van der Waals surface area contributed by atoms with Crippen molar-refractivity contribution in [1.29, 1.82) is 0 Å². The van der Waals surface area contributed by atoms with Crippen LogP contribution < -0.4 is 0 Å². The minimum absolute atomic E-state index is 0.567. The molecule has 0 aliphatic carbocycles. The fourth-order valence-electron chi connectivity index (χ4n) is 2.22.